The summed E-state index contributed by atoms with van der Waals surface area (Å²) < 4.78 is 10.8. The Balaban J connectivity index is 3.05. The minimum atomic E-state index is -0.164. The lowest BCUT2D eigenvalue weighted by atomic mass is 10.1. The van der Waals surface area contributed by atoms with Gasteiger partial charge in [0.05, 0.1) is 13.2 Å². The van der Waals surface area contributed by atoms with Crippen LogP contribution in [0.15, 0.2) is 37.4 Å². The highest BCUT2D eigenvalue weighted by Gasteiger charge is 2.10. The molecule has 0 bridgehead atoms. The molecule has 0 spiro atoms. The lowest BCUT2D eigenvalue weighted by Crippen LogP contribution is -2.03. The monoisotopic (exact) mass is 250 g/mol. The summed E-state index contributed by atoms with van der Waals surface area (Å²) in [6, 6.07) is 3.32. The first-order chi connectivity index (χ1) is 8.76. The van der Waals surface area contributed by atoms with Crippen molar-refractivity contribution in [2.24, 2.45) is 0 Å². The number of benzene rings is 1. The molecule has 0 atom stereocenters. The molecule has 0 heterocycles. The summed E-state index contributed by atoms with van der Waals surface area (Å²) in [5.74, 6) is 1.04. The minimum absolute atomic E-state index is 0.164. The predicted octanol–water partition coefficient (Wildman–Crippen LogP) is 1.80. The van der Waals surface area contributed by atoms with Crippen LogP contribution in [0.5, 0.6) is 11.5 Å². The summed E-state index contributed by atoms with van der Waals surface area (Å²) in [5, 5.41) is 18.6. The fraction of sp³-hybridized carbons (Fsp3) is 0.286. The summed E-state index contributed by atoms with van der Waals surface area (Å²) in [5.41, 5.74) is 1.21. The largest absolute Gasteiger partial charge is 0.489 e. The lowest BCUT2D eigenvalue weighted by molar-refractivity contribution is 0.258. The molecule has 0 fully saturated rings. The van der Waals surface area contributed by atoms with E-state index in [4.69, 9.17) is 9.47 Å². The third kappa shape index (κ3) is 3.61. The van der Waals surface area contributed by atoms with Crippen LogP contribution in [-0.4, -0.2) is 23.4 Å². The molecule has 1 rings (SSSR count). The van der Waals surface area contributed by atoms with E-state index in [-0.39, 0.29) is 13.2 Å². The van der Waals surface area contributed by atoms with E-state index in [1.54, 1.807) is 24.3 Å². The first-order valence-electron chi connectivity index (χ1n) is 5.61. The van der Waals surface area contributed by atoms with Gasteiger partial charge in [-0.15, -0.1) is 0 Å². The molecule has 0 saturated carbocycles. The molecule has 0 aromatic heterocycles. The average Bonchev–Trinajstić information content (AvgIpc) is 2.42. The Morgan fingerprint density at radius 1 is 0.889 bits per heavy atom. The molecule has 0 radical (unpaired) electrons. The van der Waals surface area contributed by atoms with Crippen molar-refractivity contribution in [2.75, 3.05) is 13.2 Å². The summed E-state index contributed by atoms with van der Waals surface area (Å²) in [4.78, 5) is 0. The van der Waals surface area contributed by atoms with Gasteiger partial charge in [-0.05, 0) is 12.1 Å². The Bertz CT molecular complexity index is 373. The molecule has 0 aliphatic heterocycles. The van der Waals surface area contributed by atoms with Crippen LogP contribution < -0.4 is 9.47 Å². The fourth-order valence-electron chi connectivity index (χ4n) is 1.46. The van der Waals surface area contributed by atoms with Gasteiger partial charge in [-0.25, -0.2) is 0 Å². The maximum atomic E-state index is 9.29. The highest BCUT2D eigenvalue weighted by atomic mass is 16.5. The third-order valence-electron chi connectivity index (χ3n) is 2.30. The highest BCUT2D eigenvalue weighted by molar-refractivity contribution is 5.46. The van der Waals surface area contributed by atoms with E-state index < -0.39 is 0 Å². The smallest absolute Gasteiger partial charge is 0.125 e. The van der Waals surface area contributed by atoms with Crippen LogP contribution >= 0.6 is 0 Å². The molecule has 0 aliphatic carbocycles. The van der Waals surface area contributed by atoms with E-state index in [1.807, 2.05) is 0 Å². The van der Waals surface area contributed by atoms with E-state index in [0.717, 1.165) is 0 Å². The van der Waals surface area contributed by atoms with Gasteiger partial charge in [0.2, 0.25) is 0 Å². The first-order valence-corrected chi connectivity index (χ1v) is 5.61. The van der Waals surface area contributed by atoms with Crippen molar-refractivity contribution in [3.63, 3.8) is 0 Å². The second kappa shape index (κ2) is 7.53. The molecule has 0 amide bonds. The van der Waals surface area contributed by atoms with Crippen molar-refractivity contribution in [2.45, 2.75) is 13.2 Å². The van der Waals surface area contributed by atoms with E-state index >= 15 is 0 Å². The Hall–Kier alpha value is -1.78. The van der Waals surface area contributed by atoms with Crippen LogP contribution in [0.2, 0.25) is 0 Å². The van der Waals surface area contributed by atoms with Crippen LogP contribution in [0.1, 0.15) is 11.1 Å². The Labute approximate surface area is 107 Å². The highest BCUT2D eigenvalue weighted by Crippen LogP contribution is 2.29. The quantitative estimate of drug-likeness (QED) is 0.691. The Morgan fingerprint density at radius 2 is 1.28 bits per heavy atom. The number of hydrogen-bond acceptors (Lipinski definition) is 4. The second-order valence-corrected chi connectivity index (χ2v) is 3.58. The number of ether oxygens (including phenoxy) is 2. The number of aliphatic hydroxyl groups is 2. The van der Waals surface area contributed by atoms with Crippen LogP contribution in [0.3, 0.4) is 0 Å². The molecule has 0 saturated heterocycles. The van der Waals surface area contributed by atoms with Gasteiger partial charge >= 0.3 is 0 Å². The number of rotatable bonds is 8. The van der Waals surface area contributed by atoms with Crippen LogP contribution in [0.25, 0.3) is 0 Å². The summed E-state index contributed by atoms with van der Waals surface area (Å²) in [6.07, 6.45) is 3.23. The van der Waals surface area contributed by atoms with E-state index in [2.05, 4.69) is 13.2 Å². The normalized spacial score (nSPS) is 9.89. The third-order valence-corrected chi connectivity index (χ3v) is 2.30. The van der Waals surface area contributed by atoms with Crippen molar-refractivity contribution in [1.82, 2.24) is 0 Å². The molecule has 1 aromatic rings. The zero-order valence-electron chi connectivity index (χ0n) is 10.3. The van der Waals surface area contributed by atoms with Crippen LogP contribution in [-0.2, 0) is 13.2 Å². The second-order valence-electron chi connectivity index (χ2n) is 3.58. The van der Waals surface area contributed by atoms with E-state index in [9.17, 15) is 10.2 Å². The summed E-state index contributed by atoms with van der Waals surface area (Å²) in [6.45, 7) is 7.47. The van der Waals surface area contributed by atoms with E-state index in [1.165, 1.54) is 0 Å². The zero-order valence-corrected chi connectivity index (χ0v) is 10.3. The lowest BCUT2D eigenvalue weighted by Gasteiger charge is -2.14. The predicted molar refractivity (Wildman–Crippen MR) is 69.7 cm³/mol. The Morgan fingerprint density at radius 3 is 1.56 bits per heavy atom. The molecular formula is C14H18O4. The van der Waals surface area contributed by atoms with Crippen molar-refractivity contribution in [3.8, 4) is 11.5 Å². The average molecular weight is 250 g/mol. The molecular weight excluding hydrogens is 232 g/mol. The standard InChI is InChI=1S/C14H18O4/c1-3-5-17-13-7-12(10-16)14(18-6-4-2)8-11(13)9-15/h3-4,7-8,15-16H,1-2,5-6,9-10H2. The van der Waals surface area contributed by atoms with Gasteiger partial charge in [0.15, 0.2) is 0 Å². The molecule has 0 unspecified atom stereocenters. The van der Waals surface area contributed by atoms with Crippen LogP contribution in [0.4, 0.5) is 0 Å². The van der Waals surface area contributed by atoms with Crippen molar-refractivity contribution in [1.29, 1.82) is 0 Å². The van der Waals surface area contributed by atoms with Gasteiger partial charge in [-0.3, -0.25) is 0 Å². The van der Waals surface area contributed by atoms with Gasteiger partial charge in [-0.2, -0.15) is 0 Å². The van der Waals surface area contributed by atoms with Gasteiger partial charge in [0, 0.05) is 11.1 Å². The number of aliphatic hydroxyl groups excluding tert-OH is 2. The molecule has 2 N–H and O–H groups in total. The topological polar surface area (TPSA) is 58.9 Å². The maximum Gasteiger partial charge on any atom is 0.125 e. The fourth-order valence-corrected chi connectivity index (χ4v) is 1.46. The van der Waals surface area contributed by atoms with Gasteiger partial charge in [0.1, 0.15) is 24.7 Å². The van der Waals surface area contributed by atoms with Crippen LogP contribution in [0, 0.1) is 0 Å². The first kappa shape index (κ1) is 14.3. The van der Waals surface area contributed by atoms with Gasteiger partial charge in [-0.1, -0.05) is 25.3 Å². The molecule has 1 aromatic carbocycles. The number of hydrogen-bond donors (Lipinski definition) is 2. The molecule has 0 aliphatic rings. The zero-order chi connectivity index (χ0) is 13.4. The van der Waals surface area contributed by atoms with Crippen molar-refractivity contribution in [3.05, 3.63) is 48.6 Å². The maximum absolute atomic E-state index is 9.29. The van der Waals surface area contributed by atoms with Gasteiger partial charge in [0.25, 0.3) is 0 Å². The molecule has 18 heavy (non-hydrogen) atoms. The molecule has 4 heteroatoms. The van der Waals surface area contributed by atoms with Crippen molar-refractivity contribution >= 4 is 0 Å². The minimum Gasteiger partial charge on any atom is -0.489 e. The summed E-state index contributed by atoms with van der Waals surface area (Å²) in [7, 11) is 0. The summed E-state index contributed by atoms with van der Waals surface area (Å²) >= 11 is 0. The SMILES string of the molecule is C=CCOc1cc(CO)c(OCC=C)cc1CO. The van der Waals surface area contributed by atoms with Gasteiger partial charge < -0.3 is 19.7 Å². The Kier molecular flexibility index (Phi) is 5.97. The molecule has 98 valence electrons. The molecule has 4 nitrogen and oxygen atoms in total. The van der Waals surface area contributed by atoms with Crippen molar-refractivity contribution < 1.29 is 19.7 Å². The van der Waals surface area contributed by atoms with E-state index in [0.29, 0.717) is 35.8 Å².